The van der Waals surface area contributed by atoms with Crippen molar-refractivity contribution in [3.05, 3.63) is 0 Å². The van der Waals surface area contributed by atoms with Gasteiger partial charge in [-0.25, -0.2) is 5.48 Å². The molecule has 1 rings (SSSR count). The molecule has 0 aromatic heterocycles. The number of hydroxylamine groups is 1. The lowest BCUT2D eigenvalue weighted by Gasteiger charge is -2.34. The minimum Gasteiger partial charge on any atom is -0.378 e. The van der Waals surface area contributed by atoms with Crippen molar-refractivity contribution in [1.82, 2.24) is 5.48 Å². The van der Waals surface area contributed by atoms with Crippen LogP contribution in [0.1, 0.15) is 26.2 Å². The standard InChI is InChI=1S/C10H16F3NO3/c1-2-16-8-3-7(4-8)5-9(15)14-17-6-10(11,12)13/h7-8H,2-6H2,1H3,(H,14,15). The highest BCUT2D eigenvalue weighted by Crippen LogP contribution is 2.32. The number of ether oxygens (including phenoxy) is 1. The summed E-state index contributed by atoms with van der Waals surface area (Å²) < 4.78 is 40.4. The fourth-order valence-corrected chi connectivity index (χ4v) is 1.72. The van der Waals surface area contributed by atoms with E-state index in [2.05, 4.69) is 4.84 Å². The Labute approximate surface area is 97.4 Å². The summed E-state index contributed by atoms with van der Waals surface area (Å²) in [7, 11) is 0. The lowest BCUT2D eigenvalue weighted by atomic mass is 9.80. The molecule has 0 saturated heterocycles. The quantitative estimate of drug-likeness (QED) is 0.736. The molecule has 0 aliphatic heterocycles. The van der Waals surface area contributed by atoms with Crippen molar-refractivity contribution in [3.63, 3.8) is 0 Å². The van der Waals surface area contributed by atoms with Gasteiger partial charge in [0.15, 0.2) is 6.61 Å². The molecule has 0 aromatic rings. The third-order valence-electron chi connectivity index (χ3n) is 2.49. The molecule has 0 unspecified atom stereocenters. The summed E-state index contributed by atoms with van der Waals surface area (Å²) in [5, 5.41) is 0. The molecule has 0 radical (unpaired) electrons. The molecule has 4 nitrogen and oxygen atoms in total. The van der Waals surface area contributed by atoms with Gasteiger partial charge in [-0.1, -0.05) is 0 Å². The van der Waals surface area contributed by atoms with Crippen molar-refractivity contribution in [2.45, 2.75) is 38.5 Å². The highest BCUT2D eigenvalue weighted by Gasteiger charge is 2.32. The predicted octanol–water partition coefficient (Wildman–Crippen LogP) is 1.80. The van der Waals surface area contributed by atoms with Crippen LogP contribution in [0.5, 0.6) is 0 Å². The van der Waals surface area contributed by atoms with E-state index in [0.29, 0.717) is 6.61 Å². The van der Waals surface area contributed by atoms with Crippen LogP contribution in [-0.4, -0.2) is 31.4 Å². The molecule has 0 bridgehead atoms. The molecule has 0 spiro atoms. The minimum atomic E-state index is -4.43. The van der Waals surface area contributed by atoms with E-state index in [4.69, 9.17) is 4.74 Å². The van der Waals surface area contributed by atoms with Crippen LogP contribution in [0.4, 0.5) is 13.2 Å². The molecule has 1 N–H and O–H groups in total. The average Bonchev–Trinajstić information content (AvgIpc) is 2.12. The minimum absolute atomic E-state index is 0.182. The first-order valence-corrected chi connectivity index (χ1v) is 5.49. The van der Waals surface area contributed by atoms with Crippen molar-refractivity contribution in [2.75, 3.05) is 13.2 Å². The van der Waals surface area contributed by atoms with Crippen LogP contribution in [0, 0.1) is 5.92 Å². The molecule has 1 saturated carbocycles. The molecule has 1 aliphatic carbocycles. The lowest BCUT2D eigenvalue weighted by Crippen LogP contribution is -2.36. The summed E-state index contributed by atoms with van der Waals surface area (Å²) in [5.74, 6) is -0.338. The number of nitrogens with one attached hydrogen (secondary N) is 1. The predicted molar refractivity (Wildman–Crippen MR) is 52.9 cm³/mol. The van der Waals surface area contributed by atoms with Crippen LogP contribution >= 0.6 is 0 Å². The summed E-state index contributed by atoms with van der Waals surface area (Å²) in [5.41, 5.74) is 1.79. The monoisotopic (exact) mass is 255 g/mol. The maximum absolute atomic E-state index is 11.7. The van der Waals surface area contributed by atoms with E-state index < -0.39 is 18.7 Å². The van der Waals surface area contributed by atoms with Gasteiger partial charge in [0.25, 0.3) is 0 Å². The Hall–Kier alpha value is -0.820. The van der Waals surface area contributed by atoms with Gasteiger partial charge in [-0.3, -0.25) is 9.63 Å². The highest BCUT2D eigenvalue weighted by molar-refractivity contribution is 5.75. The Morgan fingerprint density at radius 2 is 2.06 bits per heavy atom. The number of amides is 1. The summed E-state index contributed by atoms with van der Waals surface area (Å²) in [6.07, 6.45) is -2.50. The van der Waals surface area contributed by atoms with Gasteiger partial charge in [0.1, 0.15) is 0 Å². The topological polar surface area (TPSA) is 47.6 Å². The molecule has 17 heavy (non-hydrogen) atoms. The maximum Gasteiger partial charge on any atom is 0.414 e. The van der Waals surface area contributed by atoms with Crippen molar-refractivity contribution in [3.8, 4) is 0 Å². The van der Waals surface area contributed by atoms with Gasteiger partial charge in [-0.2, -0.15) is 13.2 Å². The van der Waals surface area contributed by atoms with Crippen molar-refractivity contribution in [2.24, 2.45) is 5.92 Å². The van der Waals surface area contributed by atoms with Crippen LogP contribution in [0.3, 0.4) is 0 Å². The van der Waals surface area contributed by atoms with Gasteiger partial charge in [0, 0.05) is 13.0 Å². The van der Waals surface area contributed by atoms with E-state index in [-0.39, 0.29) is 18.4 Å². The largest absolute Gasteiger partial charge is 0.414 e. The SMILES string of the molecule is CCOC1CC(CC(=O)NOCC(F)(F)F)C1. The zero-order valence-electron chi connectivity index (χ0n) is 9.55. The molecule has 7 heteroatoms. The van der Waals surface area contributed by atoms with Crippen LogP contribution in [0.15, 0.2) is 0 Å². The maximum atomic E-state index is 11.7. The van der Waals surface area contributed by atoms with E-state index in [1.165, 1.54) is 0 Å². The smallest absolute Gasteiger partial charge is 0.378 e. The second-order valence-corrected chi connectivity index (χ2v) is 4.05. The Kier molecular flexibility index (Phi) is 5.20. The van der Waals surface area contributed by atoms with Crippen molar-refractivity contribution < 1.29 is 27.5 Å². The molecule has 1 amide bonds. The van der Waals surface area contributed by atoms with Gasteiger partial charge in [-0.05, 0) is 25.7 Å². The van der Waals surface area contributed by atoms with Gasteiger partial charge >= 0.3 is 6.18 Å². The second kappa shape index (κ2) is 6.20. The normalized spacial score (nSPS) is 24.2. The highest BCUT2D eigenvalue weighted by atomic mass is 19.4. The number of hydrogen-bond acceptors (Lipinski definition) is 3. The van der Waals surface area contributed by atoms with Gasteiger partial charge < -0.3 is 4.74 Å². The number of alkyl halides is 3. The first-order valence-electron chi connectivity index (χ1n) is 5.49. The summed E-state index contributed by atoms with van der Waals surface area (Å²) in [6.45, 7) is 1.06. The molecule has 0 heterocycles. The molecule has 1 fully saturated rings. The molecule has 0 aromatic carbocycles. The van der Waals surface area contributed by atoms with E-state index in [0.717, 1.165) is 12.8 Å². The average molecular weight is 255 g/mol. The van der Waals surface area contributed by atoms with E-state index in [9.17, 15) is 18.0 Å². The van der Waals surface area contributed by atoms with E-state index in [1.54, 1.807) is 5.48 Å². The number of halogens is 3. The molecule has 0 atom stereocenters. The molecular weight excluding hydrogens is 239 g/mol. The number of rotatable bonds is 6. The molecule has 1 aliphatic rings. The third kappa shape index (κ3) is 5.88. The zero-order chi connectivity index (χ0) is 12.9. The zero-order valence-corrected chi connectivity index (χ0v) is 9.55. The fraction of sp³-hybridized carbons (Fsp3) is 0.900. The Balaban J connectivity index is 2.03. The van der Waals surface area contributed by atoms with Crippen LogP contribution in [0.25, 0.3) is 0 Å². The summed E-state index contributed by atoms with van der Waals surface area (Å²) >= 11 is 0. The summed E-state index contributed by atoms with van der Waals surface area (Å²) in [6, 6.07) is 0. The van der Waals surface area contributed by atoms with Crippen LogP contribution in [0.2, 0.25) is 0 Å². The van der Waals surface area contributed by atoms with Crippen LogP contribution in [-0.2, 0) is 14.4 Å². The summed E-state index contributed by atoms with van der Waals surface area (Å²) in [4.78, 5) is 15.2. The van der Waals surface area contributed by atoms with Gasteiger partial charge in [-0.15, -0.1) is 0 Å². The first-order chi connectivity index (χ1) is 7.90. The van der Waals surface area contributed by atoms with E-state index >= 15 is 0 Å². The molecule has 100 valence electrons. The third-order valence-corrected chi connectivity index (χ3v) is 2.49. The van der Waals surface area contributed by atoms with Gasteiger partial charge in [0.2, 0.25) is 5.91 Å². The van der Waals surface area contributed by atoms with Crippen molar-refractivity contribution >= 4 is 5.91 Å². The Morgan fingerprint density at radius 1 is 1.41 bits per heavy atom. The molecular formula is C10H16F3NO3. The number of carbonyl (C=O) groups is 1. The number of carbonyl (C=O) groups excluding carboxylic acids is 1. The van der Waals surface area contributed by atoms with Crippen molar-refractivity contribution in [1.29, 1.82) is 0 Å². The Morgan fingerprint density at radius 3 is 2.59 bits per heavy atom. The van der Waals surface area contributed by atoms with Crippen LogP contribution < -0.4 is 5.48 Å². The number of hydrogen-bond donors (Lipinski definition) is 1. The second-order valence-electron chi connectivity index (χ2n) is 4.05. The lowest BCUT2D eigenvalue weighted by molar-refractivity contribution is -0.192. The van der Waals surface area contributed by atoms with Gasteiger partial charge in [0.05, 0.1) is 6.10 Å². The first kappa shape index (κ1) is 14.2. The van der Waals surface area contributed by atoms with E-state index in [1.807, 2.05) is 6.92 Å². The Bertz CT molecular complexity index is 252. The fourth-order valence-electron chi connectivity index (χ4n) is 1.72.